The molecule has 1 fully saturated rings. The summed E-state index contributed by atoms with van der Waals surface area (Å²) in [5.74, 6) is 0.560. The first-order chi connectivity index (χ1) is 19.1. The van der Waals surface area contributed by atoms with Gasteiger partial charge in [-0.1, -0.05) is 12.1 Å². The Balaban J connectivity index is 1.25. The zero-order valence-electron chi connectivity index (χ0n) is 22.0. The summed E-state index contributed by atoms with van der Waals surface area (Å²) in [4.78, 5) is 37.8. The lowest BCUT2D eigenvalue weighted by atomic mass is 9.89. The molecule has 0 radical (unpaired) electrons. The van der Waals surface area contributed by atoms with Gasteiger partial charge >= 0.3 is 6.18 Å². The molecule has 10 heteroatoms. The molecule has 1 saturated heterocycles. The molecule has 7 nitrogen and oxygen atoms in total. The number of piperidine rings is 1. The number of benzene rings is 3. The Morgan fingerprint density at radius 2 is 1.45 bits per heavy atom. The van der Waals surface area contributed by atoms with Crippen LogP contribution in [0.15, 0.2) is 72.8 Å². The van der Waals surface area contributed by atoms with Crippen LogP contribution in [0.3, 0.4) is 0 Å². The van der Waals surface area contributed by atoms with Gasteiger partial charge in [-0.25, -0.2) is 0 Å². The number of carbonyl (C=O) groups is 3. The van der Waals surface area contributed by atoms with E-state index in [1.807, 2.05) is 29.2 Å². The molecule has 0 aliphatic carbocycles. The molecule has 1 aliphatic rings. The SMILES string of the molecule is CC(=O)NCCC(=O)N1CCC(c2ccc(NC(=O)c3ccc(Oc4ccc(C(F)(F)F)cc4)cc3)cc2)CC1. The lowest BCUT2D eigenvalue weighted by Gasteiger charge is -2.32. The number of likely N-dealkylation sites (tertiary alicyclic amines) is 1. The fraction of sp³-hybridized carbons (Fsp3) is 0.300. The molecule has 0 bridgehead atoms. The van der Waals surface area contributed by atoms with Gasteiger partial charge in [0.1, 0.15) is 11.5 Å². The lowest BCUT2D eigenvalue weighted by Crippen LogP contribution is -2.39. The van der Waals surface area contributed by atoms with Gasteiger partial charge in [-0.15, -0.1) is 0 Å². The van der Waals surface area contributed by atoms with Gasteiger partial charge in [0.2, 0.25) is 11.8 Å². The van der Waals surface area contributed by atoms with Crippen molar-refractivity contribution in [3.05, 3.63) is 89.5 Å². The van der Waals surface area contributed by atoms with Crippen molar-refractivity contribution in [3.63, 3.8) is 0 Å². The maximum atomic E-state index is 12.7. The number of alkyl halides is 3. The van der Waals surface area contributed by atoms with Gasteiger partial charge in [-0.05, 0) is 85.0 Å². The van der Waals surface area contributed by atoms with E-state index in [-0.39, 0.29) is 23.5 Å². The van der Waals surface area contributed by atoms with E-state index in [1.54, 1.807) is 24.3 Å². The minimum Gasteiger partial charge on any atom is -0.457 e. The molecule has 40 heavy (non-hydrogen) atoms. The first-order valence-electron chi connectivity index (χ1n) is 13.0. The summed E-state index contributed by atoms with van der Waals surface area (Å²) in [5.41, 5.74) is 1.44. The normalized spacial score (nSPS) is 13.9. The Kier molecular flexibility index (Phi) is 9.08. The number of hydrogen-bond acceptors (Lipinski definition) is 4. The number of ether oxygens (including phenoxy) is 1. The summed E-state index contributed by atoms with van der Waals surface area (Å²) in [6.45, 7) is 3.11. The second-order valence-electron chi connectivity index (χ2n) is 9.61. The van der Waals surface area contributed by atoms with E-state index in [0.29, 0.717) is 49.0 Å². The standard InChI is InChI=1S/C30H30F3N3O4/c1-20(37)34-17-14-28(38)36-18-15-22(16-19-36)21-2-8-25(9-3-21)35-29(39)23-4-10-26(11-5-23)40-27-12-6-24(7-13-27)30(31,32)33/h2-13,22H,14-19H2,1H3,(H,34,37)(H,35,39). The number of hydrogen-bond donors (Lipinski definition) is 2. The highest BCUT2D eigenvalue weighted by molar-refractivity contribution is 6.04. The zero-order valence-corrected chi connectivity index (χ0v) is 22.0. The molecule has 3 aromatic carbocycles. The molecule has 2 N–H and O–H groups in total. The van der Waals surface area contributed by atoms with Crippen LogP contribution in [0.1, 0.15) is 53.6 Å². The van der Waals surface area contributed by atoms with Gasteiger partial charge < -0.3 is 20.3 Å². The predicted molar refractivity (Wildman–Crippen MR) is 144 cm³/mol. The quantitative estimate of drug-likeness (QED) is 0.359. The van der Waals surface area contributed by atoms with Gasteiger partial charge in [0, 0.05) is 44.2 Å². The van der Waals surface area contributed by atoms with Gasteiger partial charge in [-0.2, -0.15) is 13.2 Å². The van der Waals surface area contributed by atoms with Crippen LogP contribution >= 0.6 is 0 Å². The van der Waals surface area contributed by atoms with Gasteiger partial charge in [-0.3, -0.25) is 14.4 Å². The van der Waals surface area contributed by atoms with Crippen LogP contribution in [-0.4, -0.2) is 42.3 Å². The molecule has 0 unspecified atom stereocenters. The number of nitrogens with one attached hydrogen (secondary N) is 2. The largest absolute Gasteiger partial charge is 0.457 e. The Bertz CT molecular complexity index is 1320. The predicted octanol–water partition coefficient (Wildman–Crippen LogP) is 5.98. The zero-order chi connectivity index (χ0) is 28.7. The van der Waals surface area contributed by atoms with Crippen molar-refractivity contribution >= 4 is 23.4 Å². The molecule has 3 aromatic rings. The summed E-state index contributed by atoms with van der Waals surface area (Å²) in [6.07, 6.45) is -2.42. The van der Waals surface area contributed by atoms with Crippen molar-refractivity contribution in [2.75, 3.05) is 25.0 Å². The third-order valence-electron chi connectivity index (χ3n) is 6.73. The van der Waals surface area contributed by atoms with Crippen molar-refractivity contribution in [1.82, 2.24) is 10.2 Å². The summed E-state index contributed by atoms with van der Waals surface area (Å²) >= 11 is 0. The van der Waals surface area contributed by atoms with E-state index in [0.717, 1.165) is 30.5 Å². The molecule has 1 heterocycles. The Morgan fingerprint density at radius 1 is 0.875 bits per heavy atom. The first-order valence-corrected chi connectivity index (χ1v) is 13.0. The van der Waals surface area contributed by atoms with Crippen LogP contribution in [0.25, 0.3) is 0 Å². The number of rotatable bonds is 8. The smallest absolute Gasteiger partial charge is 0.416 e. The molecule has 0 atom stereocenters. The number of nitrogens with zero attached hydrogens (tertiary/aromatic N) is 1. The van der Waals surface area contributed by atoms with Crippen LogP contribution in [0.5, 0.6) is 11.5 Å². The highest BCUT2D eigenvalue weighted by Crippen LogP contribution is 2.32. The molecular formula is C30H30F3N3O4. The number of amides is 3. The van der Waals surface area contributed by atoms with E-state index in [4.69, 9.17) is 4.74 Å². The van der Waals surface area contributed by atoms with E-state index in [9.17, 15) is 27.6 Å². The van der Waals surface area contributed by atoms with Gasteiger partial charge in [0.05, 0.1) is 5.56 Å². The summed E-state index contributed by atoms with van der Waals surface area (Å²) in [7, 11) is 0. The van der Waals surface area contributed by atoms with Crippen molar-refractivity contribution in [2.45, 2.75) is 38.3 Å². The maximum Gasteiger partial charge on any atom is 0.416 e. The van der Waals surface area contributed by atoms with Crippen molar-refractivity contribution in [1.29, 1.82) is 0 Å². The average molecular weight is 554 g/mol. The van der Waals surface area contributed by atoms with Gasteiger partial charge in [0.15, 0.2) is 0 Å². The highest BCUT2D eigenvalue weighted by Gasteiger charge is 2.30. The van der Waals surface area contributed by atoms with Crippen LogP contribution < -0.4 is 15.4 Å². The van der Waals surface area contributed by atoms with Crippen LogP contribution in [0.4, 0.5) is 18.9 Å². The van der Waals surface area contributed by atoms with Crippen LogP contribution in [-0.2, 0) is 15.8 Å². The second kappa shape index (κ2) is 12.7. The van der Waals surface area contributed by atoms with E-state index < -0.39 is 11.7 Å². The van der Waals surface area contributed by atoms with Crippen molar-refractivity contribution in [2.24, 2.45) is 0 Å². The monoisotopic (exact) mass is 553 g/mol. The minimum atomic E-state index is -4.41. The Hall–Kier alpha value is -4.34. The van der Waals surface area contributed by atoms with Crippen molar-refractivity contribution < 1.29 is 32.3 Å². The maximum absolute atomic E-state index is 12.7. The number of carbonyl (C=O) groups excluding carboxylic acids is 3. The molecule has 0 spiro atoms. The molecule has 3 amide bonds. The number of anilines is 1. The molecule has 1 aliphatic heterocycles. The minimum absolute atomic E-state index is 0.0458. The summed E-state index contributed by atoms with van der Waals surface area (Å²) in [5, 5.41) is 5.50. The molecule has 0 aromatic heterocycles. The topological polar surface area (TPSA) is 87.7 Å². The van der Waals surface area contributed by atoms with Crippen LogP contribution in [0.2, 0.25) is 0 Å². The molecule has 210 valence electrons. The molecule has 0 saturated carbocycles. The summed E-state index contributed by atoms with van der Waals surface area (Å²) in [6, 6.07) is 18.3. The van der Waals surface area contributed by atoms with E-state index >= 15 is 0 Å². The summed E-state index contributed by atoms with van der Waals surface area (Å²) < 4.78 is 43.7. The highest BCUT2D eigenvalue weighted by atomic mass is 19.4. The van der Waals surface area contributed by atoms with Gasteiger partial charge in [0.25, 0.3) is 5.91 Å². The fourth-order valence-electron chi connectivity index (χ4n) is 4.53. The average Bonchev–Trinajstić information content (AvgIpc) is 2.93. The lowest BCUT2D eigenvalue weighted by molar-refractivity contribution is -0.137. The Labute approximate surface area is 230 Å². The Morgan fingerprint density at radius 3 is 2.00 bits per heavy atom. The third-order valence-corrected chi connectivity index (χ3v) is 6.73. The van der Waals surface area contributed by atoms with Crippen LogP contribution in [0, 0.1) is 0 Å². The molecule has 4 rings (SSSR count). The van der Waals surface area contributed by atoms with E-state index in [1.165, 1.54) is 19.1 Å². The van der Waals surface area contributed by atoms with E-state index in [2.05, 4.69) is 10.6 Å². The third kappa shape index (κ3) is 7.84. The number of halogens is 3. The van der Waals surface area contributed by atoms with Crippen molar-refractivity contribution in [3.8, 4) is 11.5 Å². The molecular weight excluding hydrogens is 523 g/mol. The second-order valence-corrected chi connectivity index (χ2v) is 9.61. The first kappa shape index (κ1) is 28.7. The fourth-order valence-corrected chi connectivity index (χ4v) is 4.53.